The van der Waals surface area contributed by atoms with Crippen LogP contribution in [0.2, 0.25) is 0 Å². The Morgan fingerprint density at radius 3 is 2.11 bits per heavy atom. The molecule has 0 atom stereocenters. The lowest BCUT2D eigenvalue weighted by Gasteiger charge is -2.37. The Labute approximate surface area is 107 Å². The van der Waals surface area contributed by atoms with Crippen molar-refractivity contribution in [2.45, 2.75) is 44.7 Å². The van der Waals surface area contributed by atoms with Gasteiger partial charge in [0.2, 0.25) is 5.91 Å². The van der Waals surface area contributed by atoms with E-state index >= 15 is 0 Å². The number of alkyl halides is 1. The smallest absolute Gasteiger partial charge is 0.260 e. The van der Waals surface area contributed by atoms with E-state index in [1.807, 2.05) is 0 Å². The van der Waals surface area contributed by atoms with Crippen LogP contribution in [0.4, 0.5) is 4.39 Å². The van der Waals surface area contributed by atoms with E-state index in [4.69, 9.17) is 0 Å². The highest BCUT2D eigenvalue weighted by Gasteiger charge is 2.45. The van der Waals surface area contributed by atoms with E-state index in [1.54, 1.807) is 16.7 Å². The maximum absolute atomic E-state index is 14.6. The highest BCUT2D eigenvalue weighted by Crippen LogP contribution is 2.30. The summed E-state index contributed by atoms with van der Waals surface area (Å²) in [5, 5.41) is 0. The number of piperidine rings is 1. The van der Waals surface area contributed by atoms with Crippen LogP contribution >= 0.6 is 0 Å². The summed E-state index contributed by atoms with van der Waals surface area (Å²) in [6.45, 7) is 3.89. The van der Waals surface area contributed by atoms with Gasteiger partial charge in [0.05, 0.1) is 0 Å². The fourth-order valence-corrected chi connectivity index (χ4v) is 2.75. The minimum Gasteiger partial charge on any atom is -0.342 e. The van der Waals surface area contributed by atoms with E-state index in [2.05, 4.69) is 0 Å². The lowest BCUT2D eigenvalue weighted by atomic mass is 9.91. The zero-order chi connectivity index (χ0) is 13.2. The van der Waals surface area contributed by atoms with E-state index in [-0.39, 0.29) is 24.7 Å². The lowest BCUT2D eigenvalue weighted by molar-refractivity contribution is -0.149. The van der Waals surface area contributed by atoms with Crippen molar-refractivity contribution in [3.8, 4) is 0 Å². The number of amides is 2. The van der Waals surface area contributed by atoms with Gasteiger partial charge >= 0.3 is 0 Å². The predicted octanol–water partition coefficient (Wildman–Crippen LogP) is 1.35. The Hall–Kier alpha value is -1.13. The van der Waals surface area contributed by atoms with Gasteiger partial charge < -0.3 is 9.80 Å². The van der Waals surface area contributed by atoms with Crippen molar-refractivity contribution in [3.05, 3.63) is 0 Å². The first kappa shape index (κ1) is 13.3. The van der Waals surface area contributed by atoms with Crippen LogP contribution in [0.3, 0.4) is 0 Å². The molecule has 0 spiro atoms. The first-order valence-corrected chi connectivity index (χ1v) is 6.83. The second-order valence-corrected chi connectivity index (χ2v) is 5.20. The molecule has 102 valence electrons. The van der Waals surface area contributed by atoms with Crippen molar-refractivity contribution < 1.29 is 14.0 Å². The molecule has 0 unspecified atom stereocenters. The molecule has 2 rings (SSSR count). The number of carbonyl (C=O) groups is 2. The SMILES string of the molecule is CCC(=O)N1CCC(F)(C(=O)N2CCCC2)CC1. The molecular weight excluding hydrogens is 235 g/mol. The van der Waals surface area contributed by atoms with Crippen LogP contribution < -0.4 is 0 Å². The summed E-state index contributed by atoms with van der Waals surface area (Å²) >= 11 is 0. The molecule has 0 bridgehead atoms. The van der Waals surface area contributed by atoms with Crippen molar-refractivity contribution in [1.82, 2.24) is 9.80 Å². The maximum atomic E-state index is 14.6. The van der Waals surface area contributed by atoms with Gasteiger partial charge in [0, 0.05) is 45.4 Å². The number of nitrogens with zero attached hydrogens (tertiary/aromatic N) is 2. The van der Waals surface area contributed by atoms with Gasteiger partial charge in [-0.3, -0.25) is 9.59 Å². The van der Waals surface area contributed by atoms with E-state index in [1.165, 1.54) is 0 Å². The topological polar surface area (TPSA) is 40.6 Å². The van der Waals surface area contributed by atoms with Gasteiger partial charge in [0.25, 0.3) is 5.91 Å². The van der Waals surface area contributed by atoms with Crippen LogP contribution in [0, 0.1) is 0 Å². The molecule has 2 fully saturated rings. The standard InChI is InChI=1S/C13H21FN2O2/c1-2-11(17)15-9-5-13(14,6-10-15)12(18)16-7-3-4-8-16/h2-10H2,1H3. The number of likely N-dealkylation sites (tertiary alicyclic amines) is 2. The summed E-state index contributed by atoms with van der Waals surface area (Å²) in [5.41, 5.74) is -1.74. The van der Waals surface area contributed by atoms with Gasteiger partial charge in [-0.2, -0.15) is 0 Å². The Morgan fingerprint density at radius 1 is 1.06 bits per heavy atom. The maximum Gasteiger partial charge on any atom is 0.260 e. The fourth-order valence-electron chi connectivity index (χ4n) is 2.75. The minimum absolute atomic E-state index is 0.0469. The van der Waals surface area contributed by atoms with Crippen LogP contribution in [0.1, 0.15) is 39.0 Å². The molecule has 4 nitrogen and oxygen atoms in total. The first-order chi connectivity index (χ1) is 8.57. The normalized spacial score (nSPS) is 23.2. The first-order valence-electron chi connectivity index (χ1n) is 6.83. The monoisotopic (exact) mass is 256 g/mol. The molecule has 18 heavy (non-hydrogen) atoms. The van der Waals surface area contributed by atoms with E-state index in [0.29, 0.717) is 32.6 Å². The van der Waals surface area contributed by atoms with Crippen LogP contribution in [0.25, 0.3) is 0 Å². The van der Waals surface area contributed by atoms with E-state index in [0.717, 1.165) is 12.8 Å². The van der Waals surface area contributed by atoms with Crippen LogP contribution in [0.5, 0.6) is 0 Å². The quantitative estimate of drug-likeness (QED) is 0.748. The van der Waals surface area contributed by atoms with Gasteiger partial charge in [-0.05, 0) is 12.8 Å². The second kappa shape index (κ2) is 5.24. The third-order valence-electron chi connectivity index (χ3n) is 3.99. The lowest BCUT2D eigenvalue weighted by Crippen LogP contribution is -2.52. The molecule has 0 saturated carbocycles. The van der Waals surface area contributed by atoms with E-state index < -0.39 is 5.67 Å². The zero-order valence-corrected chi connectivity index (χ0v) is 11.0. The fraction of sp³-hybridized carbons (Fsp3) is 0.846. The molecule has 2 heterocycles. The molecule has 5 heteroatoms. The van der Waals surface area contributed by atoms with Gasteiger partial charge in [-0.25, -0.2) is 4.39 Å². The minimum atomic E-state index is -1.74. The molecule has 0 aromatic carbocycles. The van der Waals surface area contributed by atoms with Gasteiger partial charge in [0.1, 0.15) is 0 Å². The molecular formula is C13H21FN2O2. The van der Waals surface area contributed by atoms with Gasteiger partial charge in [-0.1, -0.05) is 6.92 Å². The highest BCUT2D eigenvalue weighted by atomic mass is 19.1. The summed E-state index contributed by atoms with van der Waals surface area (Å²) in [7, 11) is 0. The van der Waals surface area contributed by atoms with Crippen LogP contribution in [0.15, 0.2) is 0 Å². The Balaban J connectivity index is 1.93. The number of hydrogen-bond acceptors (Lipinski definition) is 2. The summed E-state index contributed by atoms with van der Waals surface area (Å²) in [4.78, 5) is 26.9. The molecule has 0 aromatic rings. The summed E-state index contributed by atoms with van der Waals surface area (Å²) in [6, 6.07) is 0. The molecule has 2 saturated heterocycles. The number of carbonyl (C=O) groups excluding carboxylic acids is 2. The van der Waals surface area contributed by atoms with Crippen molar-refractivity contribution in [1.29, 1.82) is 0 Å². The number of rotatable bonds is 2. The third-order valence-corrected chi connectivity index (χ3v) is 3.99. The van der Waals surface area contributed by atoms with Crippen molar-refractivity contribution >= 4 is 11.8 Å². The van der Waals surface area contributed by atoms with Crippen molar-refractivity contribution in [3.63, 3.8) is 0 Å². The predicted molar refractivity (Wildman–Crippen MR) is 65.8 cm³/mol. The molecule has 0 radical (unpaired) electrons. The molecule has 2 aliphatic rings. The Kier molecular flexibility index (Phi) is 3.88. The van der Waals surface area contributed by atoms with Gasteiger partial charge in [0.15, 0.2) is 5.67 Å². The summed E-state index contributed by atoms with van der Waals surface area (Å²) in [5.74, 6) is -0.311. The van der Waals surface area contributed by atoms with Crippen molar-refractivity contribution in [2.24, 2.45) is 0 Å². The van der Waals surface area contributed by atoms with Crippen LogP contribution in [-0.4, -0.2) is 53.5 Å². The van der Waals surface area contributed by atoms with Crippen LogP contribution in [-0.2, 0) is 9.59 Å². The molecule has 0 aliphatic carbocycles. The molecule has 2 amide bonds. The molecule has 0 N–H and O–H groups in total. The molecule has 2 aliphatic heterocycles. The van der Waals surface area contributed by atoms with Crippen molar-refractivity contribution in [2.75, 3.05) is 26.2 Å². The van der Waals surface area contributed by atoms with E-state index in [9.17, 15) is 14.0 Å². The second-order valence-electron chi connectivity index (χ2n) is 5.20. The van der Waals surface area contributed by atoms with Gasteiger partial charge in [-0.15, -0.1) is 0 Å². The third kappa shape index (κ3) is 2.49. The largest absolute Gasteiger partial charge is 0.342 e. The zero-order valence-electron chi connectivity index (χ0n) is 11.0. The Morgan fingerprint density at radius 2 is 1.61 bits per heavy atom. The number of halogens is 1. The average Bonchev–Trinajstić information content (AvgIpc) is 2.91. The average molecular weight is 256 g/mol. The number of hydrogen-bond donors (Lipinski definition) is 0. The summed E-state index contributed by atoms with van der Waals surface area (Å²) < 4.78 is 14.6. The Bertz CT molecular complexity index is 332. The molecule has 0 aromatic heterocycles. The highest BCUT2D eigenvalue weighted by molar-refractivity contribution is 5.86. The summed E-state index contributed by atoms with van der Waals surface area (Å²) in [6.07, 6.45) is 2.69.